The SMILES string of the molecule is Cc1c(-c2cc(N3C(=O)[C@@H]4C[C@@H]5C(=CC[C@@H]6C(=O)N(c7ccccc7)C(=O)[C@@H]65)[C@H](c5cc(Cl)ccc5O)[C@]4(C)C3=O)n(C)n2)sc2ccc(Cl)cc12. The van der Waals surface area contributed by atoms with Crippen LogP contribution in [0.1, 0.15) is 36.8 Å². The first-order chi connectivity index (χ1) is 24.9. The minimum absolute atomic E-state index is 0.0698. The fraction of sp³-hybridized carbons (Fsp3) is 0.275. The second kappa shape index (κ2) is 11.6. The number of aryl methyl sites for hydroxylation is 2. The first-order valence-electron chi connectivity index (χ1n) is 17.1. The molecule has 1 N–H and O–H groups in total. The van der Waals surface area contributed by atoms with Gasteiger partial charge in [-0.3, -0.25) is 28.8 Å². The average molecular weight is 752 g/mol. The maximum Gasteiger partial charge on any atom is 0.242 e. The van der Waals surface area contributed by atoms with Gasteiger partial charge in [0.05, 0.1) is 33.7 Å². The van der Waals surface area contributed by atoms with Crippen molar-refractivity contribution in [3.63, 3.8) is 0 Å². The number of hydrogen-bond acceptors (Lipinski definition) is 7. The molecule has 3 aromatic carbocycles. The van der Waals surface area contributed by atoms with Gasteiger partial charge < -0.3 is 5.11 Å². The van der Waals surface area contributed by atoms with E-state index in [1.807, 2.05) is 37.3 Å². The van der Waals surface area contributed by atoms with Crippen LogP contribution in [0.15, 0.2) is 84.4 Å². The molecule has 9 nitrogen and oxygen atoms in total. The average Bonchev–Trinajstić information content (AvgIpc) is 3.80. The van der Waals surface area contributed by atoms with E-state index >= 15 is 4.79 Å². The molecule has 0 unspecified atom stereocenters. The Labute approximate surface area is 313 Å². The highest BCUT2D eigenvalue weighted by molar-refractivity contribution is 7.22. The Morgan fingerprint density at radius 1 is 0.885 bits per heavy atom. The van der Waals surface area contributed by atoms with E-state index in [0.717, 1.165) is 26.1 Å². The van der Waals surface area contributed by atoms with Crippen LogP contribution in [-0.2, 0) is 26.2 Å². The number of halogens is 2. The third kappa shape index (κ3) is 4.50. The number of hydrogen-bond donors (Lipinski definition) is 1. The van der Waals surface area contributed by atoms with E-state index in [1.165, 1.54) is 15.9 Å². The van der Waals surface area contributed by atoms with Crippen LogP contribution in [0.25, 0.3) is 20.7 Å². The Kier molecular flexibility index (Phi) is 7.39. The molecule has 0 bridgehead atoms. The molecule has 6 atom stereocenters. The highest BCUT2D eigenvalue weighted by Crippen LogP contribution is 2.64. The van der Waals surface area contributed by atoms with Crippen molar-refractivity contribution in [2.45, 2.75) is 32.6 Å². The zero-order chi connectivity index (χ0) is 36.4. The molecule has 1 saturated carbocycles. The number of allylic oxidation sites excluding steroid dienone is 2. The minimum atomic E-state index is -1.35. The number of carbonyl (C=O) groups excluding carboxylic acids is 4. The lowest BCUT2D eigenvalue weighted by atomic mass is 9.51. The summed E-state index contributed by atoms with van der Waals surface area (Å²) in [5, 5.41) is 18.1. The molecule has 4 amide bonds. The summed E-state index contributed by atoms with van der Waals surface area (Å²) in [7, 11) is 1.71. The van der Waals surface area contributed by atoms with Crippen LogP contribution in [0.4, 0.5) is 11.5 Å². The number of carbonyl (C=O) groups is 4. The molecule has 2 aliphatic carbocycles. The molecule has 2 saturated heterocycles. The number of rotatable bonds is 4. The molecule has 0 spiro atoms. The van der Waals surface area contributed by atoms with E-state index in [9.17, 15) is 19.5 Å². The Morgan fingerprint density at radius 2 is 1.62 bits per heavy atom. The van der Waals surface area contributed by atoms with Crippen molar-refractivity contribution in [1.82, 2.24) is 9.78 Å². The van der Waals surface area contributed by atoms with Crippen LogP contribution in [0, 0.1) is 36.0 Å². The molecule has 262 valence electrons. The van der Waals surface area contributed by atoms with Gasteiger partial charge in [0.1, 0.15) is 17.3 Å². The molecular formula is C40H32Cl2N4O5S. The molecule has 4 heterocycles. The number of aromatic hydroxyl groups is 1. The molecular weight excluding hydrogens is 719 g/mol. The standard InChI is InChI=1S/C40H32Cl2N4O5S/c1-19-25-15-21(42)10-14-31(25)52-35(19)29-18-32(44(3)43-29)46-37(49)28-17-26-23(34(40(28,2)39(46)51)27-16-20(41)9-13-30(27)47)11-12-24-33(26)38(50)45(36(24)48)22-7-5-4-6-8-22/h4-11,13-16,18,24,26,28,33-34,47H,12,17H2,1-3H3/t24-,26+,28-,33-,34+,40+/m0/s1. The lowest BCUT2D eigenvalue weighted by molar-refractivity contribution is -0.131. The maximum atomic E-state index is 15.0. The van der Waals surface area contributed by atoms with E-state index in [0.29, 0.717) is 39.2 Å². The van der Waals surface area contributed by atoms with Gasteiger partial charge in [-0.15, -0.1) is 11.3 Å². The highest BCUT2D eigenvalue weighted by Gasteiger charge is 2.68. The first-order valence-corrected chi connectivity index (χ1v) is 18.7. The van der Waals surface area contributed by atoms with E-state index < -0.39 is 46.8 Å². The number of thiophene rings is 1. The Morgan fingerprint density at radius 3 is 2.38 bits per heavy atom. The number of nitrogens with zero attached hydrogens (tertiary/aromatic N) is 4. The molecule has 5 aromatic rings. The van der Waals surface area contributed by atoms with Gasteiger partial charge >= 0.3 is 0 Å². The molecule has 9 rings (SSSR count). The zero-order valence-corrected chi connectivity index (χ0v) is 30.7. The number of amides is 4. The molecule has 2 aromatic heterocycles. The number of phenolic OH excluding ortho intramolecular Hbond substituents is 1. The minimum Gasteiger partial charge on any atom is -0.508 e. The zero-order valence-electron chi connectivity index (χ0n) is 28.3. The van der Waals surface area contributed by atoms with Crippen molar-refractivity contribution in [3.05, 3.63) is 106 Å². The number of fused-ring (bicyclic) bond motifs is 5. The van der Waals surface area contributed by atoms with Crippen molar-refractivity contribution in [2.75, 3.05) is 9.80 Å². The summed E-state index contributed by atoms with van der Waals surface area (Å²) in [6, 6.07) is 21.0. The van der Waals surface area contributed by atoms with Crippen molar-refractivity contribution < 1.29 is 24.3 Å². The monoisotopic (exact) mass is 750 g/mol. The van der Waals surface area contributed by atoms with Crippen LogP contribution in [0.3, 0.4) is 0 Å². The fourth-order valence-corrected chi connectivity index (χ4v) is 10.9. The maximum absolute atomic E-state index is 15.0. The molecule has 4 aliphatic rings. The highest BCUT2D eigenvalue weighted by atomic mass is 35.5. The first kappa shape index (κ1) is 33.1. The van der Waals surface area contributed by atoms with E-state index in [1.54, 1.807) is 72.5 Å². The lowest BCUT2D eigenvalue weighted by Gasteiger charge is -2.49. The van der Waals surface area contributed by atoms with Crippen LogP contribution in [0.5, 0.6) is 5.75 Å². The third-order valence-corrected chi connectivity index (χ3v) is 13.6. The van der Waals surface area contributed by atoms with Gasteiger partial charge in [0.15, 0.2) is 0 Å². The second-order valence-corrected chi connectivity index (χ2v) is 16.3. The summed E-state index contributed by atoms with van der Waals surface area (Å²) in [4.78, 5) is 61.4. The third-order valence-electron chi connectivity index (χ3n) is 11.8. The number of aromatic nitrogens is 2. The Hall–Kier alpha value is -4.77. The Balaban J connectivity index is 1.17. The van der Waals surface area contributed by atoms with E-state index in [-0.39, 0.29) is 24.0 Å². The number of benzene rings is 3. The van der Waals surface area contributed by atoms with Gasteiger partial charge in [-0.25, -0.2) is 4.90 Å². The summed E-state index contributed by atoms with van der Waals surface area (Å²) in [6.07, 6.45) is 2.43. The van der Waals surface area contributed by atoms with E-state index in [4.69, 9.17) is 28.3 Å². The van der Waals surface area contributed by atoms with Crippen molar-refractivity contribution in [3.8, 4) is 16.3 Å². The second-order valence-electron chi connectivity index (χ2n) is 14.4. The summed E-state index contributed by atoms with van der Waals surface area (Å²) < 4.78 is 2.59. The van der Waals surface area contributed by atoms with Crippen molar-refractivity contribution in [1.29, 1.82) is 0 Å². The van der Waals surface area contributed by atoms with Gasteiger partial charge in [0.25, 0.3) is 0 Å². The van der Waals surface area contributed by atoms with E-state index in [2.05, 4.69) is 0 Å². The van der Waals surface area contributed by atoms with Crippen LogP contribution in [0.2, 0.25) is 10.0 Å². The topological polar surface area (TPSA) is 113 Å². The number of para-hydroxylation sites is 1. The number of phenols is 1. The molecule has 3 fully saturated rings. The predicted molar refractivity (Wildman–Crippen MR) is 200 cm³/mol. The largest absolute Gasteiger partial charge is 0.508 e. The van der Waals surface area contributed by atoms with Crippen LogP contribution in [-0.4, -0.2) is 38.5 Å². The van der Waals surface area contributed by atoms with Gasteiger partial charge in [0, 0.05) is 39.3 Å². The molecule has 2 aliphatic heterocycles. The molecule has 52 heavy (non-hydrogen) atoms. The van der Waals surface area contributed by atoms with Gasteiger partial charge in [-0.05, 0) is 92.1 Å². The van der Waals surface area contributed by atoms with Gasteiger partial charge in [-0.1, -0.05) is 53.1 Å². The smallest absolute Gasteiger partial charge is 0.242 e. The quantitative estimate of drug-likeness (QED) is 0.147. The summed E-state index contributed by atoms with van der Waals surface area (Å²) in [6.45, 7) is 3.78. The summed E-state index contributed by atoms with van der Waals surface area (Å²) in [5.41, 5.74) is 1.93. The van der Waals surface area contributed by atoms with Crippen molar-refractivity contribution >= 4 is 79.8 Å². The fourth-order valence-electron chi connectivity index (χ4n) is 9.38. The Bertz CT molecular complexity index is 2440. The van der Waals surface area contributed by atoms with Gasteiger partial charge in [-0.2, -0.15) is 5.10 Å². The lowest BCUT2D eigenvalue weighted by Crippen LogP contribution is -2.49. The molecule has 12 heteroatoms. The number of imide groups is 2. The normalized spacial score (nSPS) is 26.9. The predicted octanol–water partition coefficient (Wildman–Crippen LogP) is 8.06. The number of anilines is 2. The van der Waals surface area contributed by atoms with Gasteiger partial charge in [0.2, 0.25) is 23.6 Å². The van der Waals surface area contributed by atoms with Crippen LogP contribution >= 0.6 is 34.5 Å². The summed E-state index contributed by atoms with van der Waals surface area (Å²) >= 11 is 14.4. The molecule has 0 radical (unpaired) electrons. The summed E-state index contributed by atoms with van der Waals surface area (Å²) in [5.74, 6) is -4.72. The van der Waals surface area contributed by atoms with Crippen LogP contribution < -0.4 is 9.80 Å². The van der Waals surface area contributed by atoms with Crippen molar-refractivity contribution in [2.24, 2.45) is 36.1 Å².